The molecule has 1 amide bonds. The molecule has 8 heteroatoms. The van der Waals surface area contributed by atoms with Crippen LogP contribution >= 0.6 is 23.2 Å². The zero-order valence-electron chi connectivity index (χ0n) is 8.78. The Hall–Kier alpha value is -1.24. The lowest BCUT2D eigenvalue weighted by atomic mass is 10.3. The summed E-state index contributed by atoms with van der Waals surface area (Å²) in [6.07, 6.45) is 0. The normalized spacial score (nSPS) is 12.2. The van der Waals surface area contributed by atoms with Crippen molar-refractivity contribution in [1.29, 1.82) is 0 Å². The molecule has 0 fully saturated rings. The van der Waals surface area contributed by atoms with Crippen LogP contribution in [-0.4, -0.2) is 39.3 Å². The van der Waals surface area contributed by atoms with Gasteiger partial charge in [0.15, 0.2) is 6.04 Å². The highest BCUT2D eigenvalue weighted by molar-refractivity contribution is 6.41. The molecule has 0 bridgehead atoms. The first-order chi connectivity index (χ1) is 7.88. The fraction of sp³-hybridized carbons (Fsp3) is 0.333. The number of aliphatic hydroxyl groups excluding tert-OH is 1. The van der Waals surface area contributed by atoms with Gasteiger partial charge in [-0.1, -0.05) is 23.2 Å². The van der Waals surface area contributed by atoms with E-state index < -0.39 is 24.5 Å². The number of nitrogens with zero attached hydrogens (tertiary/aromatic N) is 1. The number of carbonyl (C=O) groups excluding carboxylic acids is 1. The quantitative estimate of drug-likeness (QED) is 0.749. The van der Waals surface area contributed by atoms with Crippen LogP contribution in [0, 0.1) is 0 Å². The van der Waals surface area contributed by atoms with Gasteiger partial charge in [-0.2, -0.15) is 0 Å². The fourth-order valence-corrected chi connectivity index (χ4v) is 1.55. The van der Waals surface area contributed by atoms with Crippen LogP contribution in [0.5, 0.6) is 0 Å². The van der Waals surface area contributed by atoms with Crippen molar-refractivity contribution in [2.24, 2.45) is 7.05 Å². The average Bonchev–Trinajstić information content (AvgIpc) is 2.53. The number of hydrogen-bond donors (Lipinski definition) is 3. The highest BCUT2D eigenvalue weighted by Gasteiger charge is 2.22. The number of halogens is 2. The number of carbonyl (C=O) groups is 2. The highest BCUT2D eigenvalue weighted by Crippen LogP contribution is 2.24. The van der Waals surface area contributed by atoms with Crippen molar-refractivity contribution >= 4 is 35.1 Å². The predicted octanol–water partition coefficient (Wildman–Crippen LogP) is 0.507. The van der Waals surface area contributed by atoms with Gasteiger partial charge in [0.05, 0.1) is 11.6 Å². The van der Waals surface area contributed by atoms with Crippen molar-refractivity contribution in [1.82, 2.24) is 9.88 Å². The van der Waals surface area contributed by atoms with Crippen molar-refractivity contribution in [2.75, 3.05) is 6.61 Å². The fourth-order valence-electron chi connectivity index (χ4n) is 1.18. The molecule has 0 aliphatic carbocycles. The van der Waals surface area contributed by atoms with Crippen molar-refractivity contribution in [3.05, 3.63) is 21.9 Å². The Morgan fingerprint density at radius 2 is 2.12 bits per heavy atom. The Labute approximate surface area is 107 Å². The summed E-state index contributed by atoms with van der Waals surface area (Å²) in [6, 6.07) is -0.0508. The second-order valence-corrected chi connectivity index (χ2v) is 4.04. The zero-order valence-corrected chi connectivity index (χ0v) is 10.3. The molecule has 0 aliphatic rings. The third-order valence-electron chi connectivity index (χ3n) is 2.13. The molecule has 1 atom stereocenters. The second-order valence-electron chi connectivity index (χ2n) is 3.27. The van der Waals surface area contributed by atoms with Gasteiger partial charge >= 0.3 is 5.97 Å². The monoisotopic (exact) mass is 280 g/mol. The third-order valence-corrected chi connectivity index (χ3v) is 2.98. The van der Waals surface area contributed by atoms with E-state index in [1.165, 1.54) is 17.7 Å². The Balaban J connectivity index is 2.90. The molecule has 0 aliphatic heterocycles. The van der Waals surface area contributed by atoms with Crippen molar-refractivity contribution in [3.8, 4) is 0 Å². The SMILES string of the molecule is Cn1c(C(=O)N[C@@H](CO)C(=O)O)cc(Cl)c1Cl. The number of aliphatic carboxylic acids is 1. The summed E-state index contributed by atoms with van der Waals surface area (Å²) >= 11 is 11.5. The highest BCUT2D eigenvalue weighted by atomic mass is 35.5. The van der Waals surface area contributed by atoms with Crippen LogP contribution in [0.25, 0.3) is 0 Å². The molecule has 94 valence electrons. The number of carboxylic acids is 1. The van der Waals surface area contributed by atoms with Crippen LogP contribution in [0.3, 0.4) is 0 Å². The third kappa shape index (κ3) is 2.91. The van der Waals surface area contributed by atoms with Gasteiger partial charge in [0, 0.05) is 7.05 Å². The molecular formula is C9H10Cl2N2O4. The lowest BCUT2D eigenvalue weighted by Crippen LogP contribution is -2.43. The topological polar surface area (TPSA) is 91.6 Å². The zero-order chi connectivity index (χ0) is 13.2. The van der Waals surface area contributed by atoms with Gasteiger partial charge in [0.2, 0.25) is 0 Å². The minimum absolute atomic E-state index is 0.111. The van der Waals surface area contributed by atoms with Crippen LogP contribution in [0.1, 0.15) is 10.5 Å². The standard InChI is InChI=1S/C9H10Cl2N2O4/c1-13-6(2-4(10)7(13)11)8(15)12-5(3-14)9(16)17/h2,5,14H,3H2,1H3,(H,12,15)(H,16,17)/t5-/m0/s1. The Kier molecular flexibility index (Phi) is 4.39. The van der Waals surface area contributed by atoms with Crippen LogP contribution < -0.4 is 5.32 Å². The number of carboxylic acid groups (broad SMARTS) is 1. The van der Waals surface area contributed by atoms with Crippen molar-refractivity contribution in [2.45, 2.75) is 6.04 Å². The number of amides is 1. The van der Waals surface area contributed by atoms with Crippen LogP contribution in [0.2, 0.25) is 10.2 Å². The van der Waals surface area contributed by atoms with Gasteiger partial charge in [-0.3, -0.25) is 4.79 Å². The average molecular weight is 281 g/mol. The van der Waals surface area contributed by atoms with Crippen molar-refractivity contribution < 1.29 is 19.8 Å². The maximum absolute atomic E-state index is 11.7. The van der Waals surface area contributed by atoms with E-state index in [1.54, 1.807) is 0 Å². The molecule has 17 heavy (non-hydrogen) atoms. The summed E-state index contributed by atoms with van der Waals surface area (Å²) in [6.45, 7) is -0.701. The number of aliphatic hydroxyl groups is 1. The summed E-state index contributed by atoms with van der Waals surface area (Å²) in [5.74, 6) is -2.00. The predicted molar refractivity (Wildman–Crippen MR) is 61.4 cm³/mol. The van der Waals surface area contributed by atoms with Crippen LogP contribution in [-0.2, 0) is 11.8 Å². The largest absolute Gasteiger partial charge is 0.480 e. The van der Waals surface area contributed by atoms with Gasteiger partial charge in [0.25, 0.3) is 5.91 Å². The molecular weight excluding hydrogens is 271 g/mol. The summed E-state index contributed by atoms with van der Waals surface area (Å²) < 4.78 is 1.31. The van der Waals surface area contributed by atoms with E-state index in [0.29, 0.717) is 0 Å². The van der Waals surface area contributed by atoms with E-state index in [4.69, 9.17) is 33.4 Å². The van der Waals surface area contributed by atoms with E-state index in [2.05, 4.69) is 5.32 Å². The molecule has 6 nitrogen and oxygen atoms in total. The molecule has 0 saturated carbocycles. The molecule has 1 aromatic heterocycles. The first-order valence-corrected chi connectivity index (χ1v) is 5.29. The van der Waals surface area contributed by atoms with E-state index in [-0.39, 0.29) is 15.9 Å². The molecule has 0 radical (unpaired) electrons. The van der Waals surface area contributed by atoms with Crippen molar-refractivity contribution in [3.63, 3.8) is 0 Å². The van der Waals surface area contributed by atoms with Crippen LogP contribution in [0.15, 0.2) is 6.07 Å². The molecule has 0 saturated heterocycles. The maximum Gasteiger partial charge on any atom is 0.328 e. The molecule has 1 rings (SSSR count). The summed E-state index contributed by atoms with van der Waals surface area (Å²) in [7, 11) is 1.51. The van der Waals surface area contributed by atoms with E-state index in [9.17, 15) is 9.59 Å². The maximum atomic E-state index is 11.7. The number of hydrogen-bond acceptors (Lipinski definition) is 3. The Morgan fingerprint density at radius 1 is 1.53 bits per heavy atom. The molecule has 0 unspecified atom stereocenters. The minimum atomic E-state index is -1.37. The first-order valence-electron chi connectivity index (χ1n) is 4.53. The molecule has 1 aromatic rings. The summed E-state index contributed by atoms with van der Waals surface area (Å²) in [4.78, 5) is 22.3. The van der Waals surface area contributed by atoms with Gasteiger partial charge in [-0.15, -0.1) is 0 Å². The van der Waals surface area contributed by atoms with Gasteiger partial charge < -0.3 is 20.1 Å². The molecule has 0 aromatic carbocycles. The van der Waals surface area contributed by atoms with Crippen LogP contribution in [0.4, 0.5) is 0 Å². The van der Waals surface area contributed by atoms with Gasteiger partial charge in [-0.25, -0.2) is 4.79 Å². The first kappa shape index (κ1) is 13.8. The van der Waals surface area contributed by atoms with E-state index in [1.807, 2.05) is 0 Å². The van der Waals surface area contributed by atoms with E-state index in [0.717, 1.165) is 0 Å². The van der Waals surface area contributed by atoms with E-state index >= 15 is 0 Å². The number of aromatic nitrogens is 1. The van der Waals surface area contributed by atoms with Gasteiger partial charge in [0.1, 0.15) is 10.8 Å². The Bertz CT molecular complexity index is 458. The molecule has 0 spiro atoms. The number of rotatable bonds is 4. The molecule has 3 N–H and O–H groups in total. The summed E-state index contributed by atoms with van der Waals surface area (Å²) in [5, 5.41) is 19.9. The minimum Gasteiger partial charge on any atom is -0.480 e. The second kappa shape index (κ2) is 5.39. The number of nitrogens with one attached hydrogen (secondary N) is 1. The lowest BCUT2D eigenvalue weighted by Gasteiger charge is -2.11. The smallest absolute Gasteiger partial charge is 0.328 e. The molecule has 1 heterocycles. The van der Waals surface area contributed by atoms with Gasteiger partial charge in [-0.05, 0) is 6.07 Å². The Morgan fingerprint density at radius 3 is 2.47 bits per heavy atom. The lowest BCUT2D eigenvalue weighted by molar-refractivity contribution is -0.140. The summed E-state index contributed by atoms with van der Waals surface area (Å²) in [5.41, 5.74) is 0.111.